The summed E-state index contributed by atoms with van der Waals surface area (Å²) < 4.78 is 3.67. The number of rotatable bonds is 3. The normalized spacial score (nSPS) is 11.7. The molecule has 3 heterocycles. The minimum absolute atomic E-state index is 0.235. The number of hydrogen-bond acceptors (Lipinski definition) is 4. The zero-order valence-corrected chi connectivity index (χ0v) is 15.4. The monoisotopic (exact) mass is 360 g/mol. The van der Waals surface area contributed by atoms with Gasteiger partial charge in [0, 0.05) is 24.1 Å². The van der Waals surface area contributed by atoms with Gasteiger partial charge in [0.15, 0.2) is 5.82 Å². The number of benzene rings is 1. The van der Waals surface area contributed by atoms with Crippen LogP contribution < -0.4 is 5.32 Å². The van der Waals surface area contributed by atoms with Gasteiger partial charge in [-0.2, -0.15) is 5.10 Å². The lowest BCUT2D eigenvalue weighted by Gasteiger charge is -2.24. The van der Waals surface area contributed by atoms with Crippen LogP contribution >= 0.6 is 0 Å². The summed E-state index contributed by atoms with van der Waals surface area (Å²) in [6.07, 6.45) is 5.02. The lowest BCUT2D eigenvalue weighted by molar-refractivity contribution is 0.102. The van der Waals surface area contributed by atoms with Crippen molar-refractivity contribution in [2.45, 2.75) is 26.3 Å². The summed E-state index contributed by atoms with van der Waals surface area (Å²) in [6.45, 7) is 6.24. The molecule has 0 spiro atoms. The molecular weight excluding hydrogens is 340 g/mol. The van der Waals surface area contributed by atoms with Crippen LogP contribution in [0.15, 0.2) is 61.1 Å². The van der Waals surface area contributed by atoms with Crippen LogP contribution in [0.2, 0.25) is 0 Å². The molecule has 1 aromatic carbocycles. The molecule has 0 unspecified atom stereocenters. The molecule has 0 aliphatic heterocycles. The molecule has 0 saturated carbocycles. The summed E-state index contributed by atoms with van der Waals surface area (Å²) in [5, 5.41) is 7.06. The van der Waals surface area contributed by atoms with E-state index in [4.69, 9.17) is 0 Å². The van der Waals surface area contributed by atoms with Crippen molar-refractivity contribution in [2.75, 3.05) is 5.32 Å². The van der Waals surface area contributed by atoms with Crippen LogP contribution in [0.5, 0.6) is 0 Å². The van der Waals surface area contributed by atoms with E-state index < -0.39 is 0 Å². The van der Waals surface area contributed by atoms with Crippen molar-refractivity contribution in [2.24, 2.45) is 0 Å². The van der Waals surface area contributed by atoms with Crippen LogP contribution in [-0.4, -0.2) is 30.2 Å². The number of pyridine rings is 1. The van der Waals surface area contributed by atoms with Gasteiger partial charge in [0.25, 0.3) is 5.91 Å². The zero-order chi connectivity index (χ0) is 19.0. The van der Waals surface area contributed by atoms with Crippen molar-refractivity contribution in [1.29, 1.82) is 0 Å². The molecule has 27 heavy (non-hydrogen) atoms. The van der Waals surface area contributed by atoms with Crippen LogP contribution in [0.3, 0.4) is 0 Å². The topological polar surface area (TPSA) is 77.6 Å². The minimum Gasteiger partial charge on any atom is -0.305 e. The maximum absolute atomic E-state index is 12.7. The first kappa shape index (κ1) is 17.0. The number of anilines is 1. The smallest absolute Gasteiger partial charge is 0.259 e. The summed E-state index contributed by atoms with van der Waals surface area (Å²) in [5.74, 6) is 0.915. The number of imidazole rings is 1. The number of carbonyl (C=O) groups is 1. The predicted molar refractivity (Wildman–Crippen MR) is 104 cm³/mol. The van der Waals surface area contributed by atoms with Crippen LogP contribution in [0.25, 0.3) is 16.9 Å². The van der Waals surface area contributed by atoms with Crippen molar-refractivity contribution in [1.82, 2.24) is 24.3 Å². The molecule has 0 atom stereocenters. The third kappa shape index (κ3) is 3.19. The first-order valence-corrected chi connectivity index (χ1v) is 8.69. The number of nitrogens with one attached hydrogen (secondary N) is 1. The fraction of sp³-hybridized carbons (Fsp3) is 0.200. The largest absolute Gasteiger partial charge is 0.305 e. The Balaban J connectivity index is 1.65. The second-order valence-corrected chi connectivity index (χ2v) is 7.24. The minimum atomic E-state index is -0.254. The lowest BCUT2D eigenvalue weighted by Crippen LogP contribution is -2.26. The van der Waals surface area contributed by atoms with E-state index >= 15 is 0 Å². The predicted octanol–water partition coefficient (Wildman–Crippen LogP) is 3.62. The van der Waals surface area contributed by atoms with Crippen molar-refractivity contribution < 1.29 is 4.79 Å². The van der Waals surface area contributed by atoms with Crippen LogP contribution in [0.1, 0.15) is 31.1 Å². The molecule has 3 aromatic heterocycles. The quantitative estimate of drug-likeness (QED) is 0.605. The molecular formula is C20H20N6O. The molecule has 0 saturated heterocycles. The number of hydrogen-bond donors (Lipinski definition) is 1. The Bertz CT molecular complexity index is 1090. The van der Waals surface area contributed by atoms with Crippen molar-refractivity contribution in [3.8, 4) is 5.82 Å². The molecule has 1 amide bonds. The van der Waals surface area contributed by atoms with Gasteiger partial charge in [-0.25, -0.2) is 14.6 Å². The lowest BCUT2D eigenvalue weighted by atomic mass is 10.1. The van der Waals surface area contributed by atoms with Crippen LogP contribution in [-0.2, 0) is 5.54 Å². The molecule has 136 valence electrons. The number of carbonyl (C=O) groups excluding carboxylic acids is 1. The molecule has 0 bridgehead atoms. The number of fused-ring (bicyclic) bond motifs is 1. The Morgan fingerprint density at radius 2 is 1.89 bits per heavy atom. The summed E-state index contributed by atoms with van der Waals surface area (Å²) in [4.78, 5) is 21.7. The Morgan fingerprint density at radius 1 is 1.07 bits per heavy atom. The molecule has 0 aliphatic carbocycles. The van der Waals surface area contributed by atoms with E-state index in [0.29, 0.717) is 17.3 Å². The average Bonchev–Trinajstić information content (AvgIpc) is 3.28. The summed E-state index contributed by atoms with van der Waals surface area (Å²) >= 11 is 0. The first-order chi connectivity index (χ1) is 12.9. The number of aromatic nitrogens is 5. The van der Waals surface area contributed by atoms with E-state index in [1.807, 2.05) is 34.9 Å². The molecule has 4 rings (SSSR count). The summed E-state index contributed by atoms with van der Waals surface area (Å²) in [7, 11) is 0. The highest BCUT2D eigenvalue weighted by Crippen LogP contribution is 2.28. The highest BCUT2D eigenvalue weighted by Gasteiger charge is 2.23. The molecule has 1 N–H and O–H groups in total. The number of para-hydroxylation sites is 2. The van der Waals surface area contributed by atoms with E-state index in [-0.39, 0.29) is 11.4 Å². The van der Waals surface area contributed by atoms with Crippen LogP contribution in [0, 0.1) is 0 Å². The molecule has 0 fully saturated rings. The Labute approximate surface area is 156 Å². The van der Waals surface area contributed by atoms with Gasteiger partial charge < -0.3 is 4.57 Å². The standard InChI is InChI=1S/C20H20N6O/c1-20(2,3)26-16-8-5-4-7-15(16)23-19(26)24-18(27)14-9-10-17(21-13-14)25-12-6-11-22-25/h4-13H,1-3H3,(H,23,24,27). The first-order valence-electron chi connectivity index (χ1n) is 8.69. The molecule has 7 heteroatoms. The maximum atomic E-state index is 12.7. The van der Waals surface area contributed by atoms with Gasteiger partial charge in [0.2, 0.25) is 5.95 Å². The fourth-order valence-corrected chi connectivity index (χ4v) is 3.02. The number of nitrogens with zero attached hydrogens (tertiary/aromatic N) is 5. The Hall–Kier alpha value is -3.48. The van der Waals surface area contributed by atoms with E-state index in [1.54, 1.807) is 29.2 Å². The van der Waals surface area contributed by atoms with E-state index in [9.17, 15) is 4.79 Å². The Kier molecular flexibility index (Phi) is 3.99. The molecule has 7 nitrogen and oxygen atoms in total. The molecule has 0 aliphatic rings. The van der Waals surface area contributed by atoms with Gasteiger partial charge >= 0.3 is 0 Å². The van der Waals surface area contributed by atoms with Gasteiger partial charge in [-0.1, -0.05) is 12.1 Å². The van der Waals surface area contributed by atoms with E-state index in [2.05, 4.69) is 41.2 Å². The van der Waals surface area contributed by atoms with Crippen molar-refractivity contribution in [3.05, 3.63) is 66.6 Å². The van der Waals surface area contributed by atoms with Crippen LogP contribution in [0.4, 0.5) is 5.95 Å². The van der Waals surface area contributed by atoms with Gasteiger partial charge in [-0.3, -0.25) is 10.1 Å². The Morgan fingerprint density at radius 3 is 2.56 bits per heavy atom. The van der Waals surface area contributed by atoms with Gasteiger partial charge in [-0.15, -0.1) is 0 Å². The summed E-state index contributed by atoms with van der Waals surface area (Å²) in [5.41, 5.74) is 2.04. The zero-order valence-electron chi connectivity index (χ0n) is 15.4. The van der Waals surface area contributed by atoms with Crippen molar-refractivity contribution >= 4 is 22.9 Å². The SMILES string of the molecule is CC(C)(C)n1c(NC(=O)c2ccc(-n3cccn3)nc2)nc2ccccc21. The third-order valence-corrected chi connectivity index (χ3v) is 4.21. The van der Waals surface area contributed by atoms with Gasteiger partial charge in [0.1, 0.15) is 0 Å². The number of amides is 1. The van der Waals surface area contributed by atoms with Gasteiger partial charge in [0.05, 0.1) is 16.6 Å². The van der Waals surface area contributed by atoms with E-state index in [0.717, 1.165) is 11.0 Å². The third-order valence-electron chi connectivity index (χ3n) is 4.21. The summed E-state index contributed by atoms with van der Waals surface area (Å²) in [6, 6.07) is 13.1. The highest BCUT2D eigenvalue weighted by molar-refractivity contribution is 6.04. The highest BCUT2D eigenvalue weighted by atomic mass is 16.1. The average molecular weight is 360 g/mol. The molecule has 4 aromatic rings. The van der Waals surface area contributed by atoms with Gasteiger partial charge in [-0.05, 0) is 51.1 Å². The van der Waals surface area contributed by atoms with Crippen molar-refractivity contribution in [3.63, 3.8) is 0 Å². The van der Waals surface area contributed by atoms with E-state index in [1.165, 1.54) is 6.20 Å². The molecule has 0 radical (unpaired) electrons. The second kappa shape index (κ2) is 6.35. The second-order valence-electron chi connectivity index (χ2n) is 7.24. The maximum Gasteiger partial charge on any atom is 0.259 e. The fourth-order valence-electron chi connectivity index (χ4n) is 3.02.